The Morgan fingerprint density at radius 1 is 1.25 bits per heavy atom. The SMILES string of the molecule is CCCCCCC(=O)C1Cc2ccccc21. The van der Waals surface area contributed by atoms with Crippen LogP contribution in [0.2, 0.25) is 0 Å². The molecule has 1 nitrogen and oxygen atoms in total. The number of hydrogen-bond donors (Lipinski definition) is 0. The van der Waals surface area contributed by atoms with Crippen LogP contribution in [0.15, 0.2) is 24.3 Å². The molecule has 0 saturated heterocycles. The number of rotatable bonds is 6. The molecule has 0 heterocycles. The van der Waals surface area contributed by atoms with E-state index in [2.05, 4.69) is 25.1 Å². The van der Waals surface area contributed by atoms with Crippen molar-refractivity contribution in [2.45, 2.75) is 51.4 Å². The zero-order chi connectivity index (χ0) is 11.4. The molecule has 0 N–H and O–H groups in total. The van der Waals surface area contributed by atoms with E-state index in [0.717, 1.165) is 19.3 Å². The second kappa shape index (κ2) is 5.29. The first-order chi connectivity index (χ1) is 7.83. The van der Waals surface area contributed by atoms with E-state index in [9.17, 15) is 4.79 Å². The third-order valence-corrected chi connectivity index (χ3v) is 3.52. The Morgan fingerprint density at radius 2 is 2.06 bits per heavy atom. The molecule has 16 heavy (non-hydrogen) atoms. The smallest absolute Gasteiger partial charge is 0.140 e. The summed E-state index contributed by atoms with van der Waals surface area (Å²) >= 11 is 0. The zero-order valence-corrected chi connectivity index (χ0v) is 10.0. The molecule has 0 fully saturated rings. The highest BCUT2D eigenvalue weighted by atomic mass is 16.1. The molecule has 1 atom stereocenters. The molecular weight excluding hydrogens is 196 g/mol. The van der Waals surface area contributed by atoms with Crippen molar-refractivity contribution in [1.29, 1.82) is 0 Å². The molecule has 0 spiro atoms. The van der Waals surface area contributed by atoms with E-state index in [1.807, 2.05) is 6.07 Å². The first kappa shape index (κ1) is 11.4. The molecule has 1 aliphatic carbocycles. The number of fused-ring (bicyclic) bond motifs is 1. The quantitative estimate of drug-likeness (QED) is 0.660. The summed E-state index contributed by atoms with van der Waals surface area (Å²) in [5, 5.41) is 0. The van der Waals surface area contributed by atoms with Crippen LogP contribution in [-0.4, -0.2) is 5.78 Å². The average molecular weight is 216 g/mol. The van der Waals surface area contributed by atoms with E-state index >= 15 is 0 Å². The molecule has 1 unspecified atom stereocenters. The van der Waals surface area contributed by atoms with Gasteiger partial charge in [-0.1, -0.05) is 50.5 Å². The summed E-state index contributed by atoms with van der Waals surface area (Å²) in [6, 6.07) is 8.33. The maximum atomic E-state index is 12.0. The van der Waals surface area contributed by atoms with Crippen LogP contribution in [-0.2, 0) is 11.2 Å². The van der Waals surface area contributed by atoms with Crippen molar-refractivity contribution in [2.75, 3.05) is 0 Å². The highest BCUT2D eigenvalue weighted by molar-refractivity contribution is 5.88. The minimum atomic E-state index is 0.220. The number of benzene rings is 1. The minimum absolute atomic E-state index is 0.220. The predicted molar refractivity (Wildman–Crippen MR) is 66.7 cm³/mol. The van der Waals surface area contributed by atoms with Gasteiger partial charge in [-0.15, -0.1) is 0 Å². The van der Waals surface area contributed by atoms with E-state index in [1.54, 1.807) is 0 Å². The monoisotopic (exact) mass is 216 g/mol. The van der Waals surface area contributed by atoms with Crippen LogP contribution in [0.25, 0.3) is 0 Å². The molecule has 1 aromatic carbocycles. The molecule has 0 bridgehead atoms. The van der Waals surface area contributed by atoms with Crippen LogP contribution in [0.5, 0.6) is 0 Å². The fourth-order valence-corrected chi connectivity index (χ4v) is 2.45. The van der Waals surface area contributed by atoms with E-state index < -0.39 is 0 Å². The lowest BCUT2D eigenvalue weighted by Gasteiger charge is -2.28. The summed E-state index contributed by atoms with van der Waals surface area (Å²) < 4.78 is 0. The first-order valence-electron chi connectivity index (χ1n) is 6.43. The molecule has 0 aliphatic heterocycles. The van der Waals surface area contributed by atoms with Crippen molar-refractivity contribution >= 4 is 5.78 Å². The summed E-state index contributed by atoms with van der Waals surface area (Å²) in [6.45, 7) is 2.20. The number of hydrogen-bond acceptors (Lipinski definition) is 1. The van der Waals surface area contributed by atoms with E-state index in [4.69, 9.17) is 0 Å². The summed E-state index contributed by atoms with van der Waals surface area (Å²) in [7, 11) is 0. The summed E-state index contributed by atoms with van der Waals surface area (Å²) in [6.07, 6.45) is 6.53. The molecule has 0 aromatic heterocycles. The van der Waals surface area contributed by atoms with Crippen LogP contribution >= 0.6 is 0 Å². The van der Waals surface area contributed by atoms with Gasteiger partial charge in [0.05, 0.1) is 0 Å². The zero-order valence-electron chi connectivity index (χ0n) is 10.0. The van der Waals surface area contributed by atoms with Gasteiger partial charge >= 0.3 is 0 Å². The Labute approximate surface area is 97.9 Å². The standard InChI is InChI=1S/C15H20O/c1-2-3-4-5-10-15(16)14-11-12-8-6-7-9-13(12)14/h6-9,14H,2-5,10-11H2,1H3. The minimum Gasteiger partial charge on any atom is -0.299 e. The van der Waals surface area contributed by atoms with E-state index in [1.165, 1.54) is 30.4 Å². The summed E-state index contributed by atoms with van der Waals surface area (Å²) in [5.41, 5.74) is 2.65. The average Bonchev–Trinajstić information content (AvgIpc) is 2.26. The van der Waals surface area contributed by atoms with Gasteiger partial charge in [-0.25, -0.2) is 0 Å². The second-order valence-corrected chi connectivity index (χ2v) is 4.73. The number of unbranched alkanes of at least 4 members (excludes halogenated alkanes) is 3. The molecule has 0 amide bonds. The molecule has 86 valence electrons. The van der Waals surface area contributed by atoms with Gasteiger partial charge in [0.2, 0.25) is 0 Å². The van der Waals surface area contributed by atoms with Crippen molar-refractivity contribution in [3.8, 4) is 0 Å². The van der Waals surface area contributed by atoms with Gasteiger partial charge in [0.1, 0.15) is 5.78 Å². The van der Waals surface area contributed by atoms with Gasteiger partial charge < -0.3 is 0 Å². The van der Waals surface area contributed by atoms with Crippen LogP contribution in [0.1, 0.15) is 56.1 Å². The Kier molecular flexibility index (Phi) is 3.76. The van der Waals surface area contributed by atoms with Crippen LogP contribution in [0.4, 0.5) is 0 Å². The lowest BCUT2D eigenvalue weighted by molar-refractivity contribution is -0.121. The fraction of sp³-hybridized carbons (Fsp3) is 0.533. The van der Waals surface area contributed by atoms with Gasteiger partial charge in [-0.2, -0.15) is 0 Å². The largest absolute Gasteiger partial charge is 0.299 e. The van der Waals surface area contributed by atoms with Crippen LogP contribution < -0.4 is 0 Å². The number of ketones is 1. The summed E-state index contributed by atoms with van der Waals surface area (Å²) in [5.74, 6) is 0.674. The van der Waals surface area contributed by atoms with E-state index in [-0.39, 0.29) is 5.92 Å². The third-order valence-electron chi connectivity index (χ3n) is 3.52. The van der Waals surface area contributed by atoms with Crippen molar-refractivity contribution in [1.82, 2.24) is 0 Å². The maximum absolute atomic E-state index is 12.0. The highest BCUT2D eigenvalue weighted by Crippen LogP contribution is 2.36. The Balaban J connectivity index is 1.80. The van der Waals surface area contributed by atoms with Crippen molar-refractivity contribution in [2.24, 2.45) is 0 Å². The Hall–Kier alpha value is -1.11. The molecule has 1 aromatic rings. The summed E-state index contributed by atoms with van der Waals surface area (Å²) in [4.78, 5) is 12.0. The molecule has 1 heteroatoms. The number of carbonyl (C=O) groups excluding carboxylic acids is 1. The predicted octanol–water partition coefficient (Wildman–Crippen LogP) is 3.87. The molecule has 2 rings (SSSR count). The first-order valence-corrected chi connectivity index (χ1v) is 6.43. The van der Waals surface area contributed by atoms with Gasteiger partial charge in [0.25, 0.3) is 0 Å². The van der Waals surface area contributed by atoms with E-state index in [0.29, 0.717) is 5.78 Å². The van der Waals surface area contributed by atoms with Gasteiger partial charge in [-0.3, -0.25) is 4.79 Å². The van der Waals surface area contributed by atoms with Crippen molar-refractivity contribution in [3.63, 3.8) is 0 Å². The van der Waals surface area contributed by atoms with Crippen molar-refractivity contribution < 1.29 is 4.79 Å². The molecule has 0 saturated carbocycles. The maximum Gasteiger partial charge on any atom is 0.140 e. The highest BCUT2D eigenvalue weighted by Gasteiger charge is 2.30. The number of Topliss-reactive ketones (excluding diaryl/α,β-unsaturated/α-hetero) is 1. The van der Waals surface area contributed by atoms with Gasteiger partial charge in [0, 0.05) is 12.3 Å². The van der Waals surface area contributed by atoms with Crippen molar-refractivity contribution in [3.05, 3.63) is 35.4 Å². The fourth-order valence-electron chi connectivity index (χ4n) is 2.45. The molecule has 0 radical (unpaired) electrons. The normalized spacial score (nSPS) is 17.7. The van der Waals surface area contributed by atoms with Gasteiger partial charge in [0.15, 0.2) is 0 Å². The second-order valence-electron chi connectivity index (χ2n) is 4.73. The van der Waals surface area contributed by atoms with Gasteiger partial charge in [-0.05, 0) is 24.0 Å². The molecular formula is C15H20O. The topological polar surface area (TPSA) is 17.1 Å². The molecule has 1 aliphatic rings. The third kappa shape index (κ3) is 2.34. The van der Waals surface area contributed by atoms with Crippen LogP contribution in [0, 0.1) is 0 Å². The van der Waals surface area contributed by atoms with Crippen LogP contribution in [0.3, 0.4) is 0 Å². The Morgan fingerprint density at radius 3 is 2.81 bits per heavy atom. The number of carbonyl (C=O) groups is 1. The lowest BCUT2D eigenvalue weighted by Crippen LogP contribution is -2.24. The Bertz CT molecular complexity index is 367. The lowest BCUT2D eigenvalue weighted by atomic mass is 9.74.